The molecular weight excluding hydrogens is 474 g/mol. The smallest absolute Gasteiger partial charge is 0.335 e. The minimum Gasteiger partial charge on any atom is -0.488 e. The van der Waals surface area contributed by atoms with Gasteiger partial charge >= 0.3 is 5.97 Å². The number of aromatic carboxylic acids is 1. The monoisotopic (exact) mass is 509 g/mol. The second kappa shape index (κ2) is 10.6. The van der Waals surface area contributed by atoms with E-state index >= 15 is 0 Å². The molecule has 38 heavy (non-hydrogen) atoms. The molecule has 1 N–H and O–H groups in total. The normalized spacial score (nSPS) is 11.6. The van der Waals surface area contributed by atoms with Gasteiger partial charge in [0.05, 0.1) is 5.56 Å². The molecule has 4 aromatic carbocycles. The topological polar surface area (TPSA) is 59.0 Å². The van der Waals surface area contributed by atoms with Crippen LogP contribution >= 0.6 is 0 Å². The van der Waals surface area contributed by atoms with Gasteiger partial charge in [0, 0.05) is 29.2 Å². The van der Waals surface area contributed by atoms with Crippen molar-refractivity contribution >= 4 is 23.0 Å². The number of carbonyl (C=O) groups is 1. The van der Waals surface area contributed by atoms with E-state index in [1.807, 2.05) is 102 Å². The summed E-state index contributed by atoms with van der Waals surface area (Å²) in [5.74, 6) is 0.646. The molecule has 4 rings (SSSR count). The molecule has 0 aliphatic heterocycles. The predicted molar refractivity (Wildman–Crippen MR) is 154 cm³/mol. The lowest BCUT2D eigenvalue weighted by atomic mass is 10.0. The largest absolute Gasteiger partial charge is 0.488 e. The van der Waals surface area contributed by atoms with Crippen molar-refractivity contribution in [3.05, 3.63) is 103 Å². The van der Waals surface area contributed by atoms with Crippen LogP contribution in [0.1, 0.15) is 51.9 Å². The highest BCUT2D eigenvalue weighted by Gasteiger charge is 2.18. The zero-order valence-corrected chi connectivity index (χ0v) is 22.9. The third kappa shape index (κ3) is 6.94. The first-order valence-corrected chi connectivity index (χ1v) is 12.7. The molecule has 0 amide bonds. The number of nitrogens with zero attached hydrogens (tertiary/aromatic N) is 1. The lowest BCUT2D eigenvalue weighted by Crippen LogP contribution is -2.23. The fourth-order valence-corrected chi connectivity index (χ4v) is 4.13. The van der Waals surface area contributed by atoms with Crippen LogP contribution < -0.4 is 14.4 Å². The van der Waals surface area contributed by atoms with Crippen LogP contribution in [-0.2, 0) is 0 Å². The van der Waals surface area contributed by atoms with Gasteiger partial charge in [-0.2, -0.15) is 0 Å². The maximum absolute atomic E-state index is 11.2. The van der Waals surface area contributed by atoms with E-state index in [1.165, 1.54) is 0 Å². The second-order valence-corrected chi connectivity index (χ2v) is 11.2. The SMILES string of the molecule is CC(C)(C)Oc1cccc(N(c2ccc(-c3ccc(C(=O)O)cc3)cc2)c2cccc(OC(C)(C)C)c2)c1. The first-order valence-electron chi connectivity index (χ1n) is 12.7. The van der Waals surface area contributed by atoms with Gasteiger partial charge in [0.1, 0.15) is 22.7 Å². The Bertz CT molecular complexity index is 1340. The van der Waals surface area contributed by atoms with Gasteiger partial charge < -0.3 is 19.5 Å². The van der Waals surface area contributed by atoms with Crippen molar-refractivity contribution in [2.75, 3.05) is 4.90 Å². The van der Waals surface area contributed by atoms with Crippen LogP contribution in [0.5, 0.6) is 11.5 Å². The van der Waals surface area contributed by atoms with Crippen LogP contribution in [0.3, 0.4) is 0 Å². The Kier molecular flexibility index (Phi) is 7.49. The summed E-state index contributed by atoms with van der Waals surface area (Å²) in [4.78, 5) is 13.4. The molecule has 5 heteroatoms. The summed E-state index contributed by atoms with van der Waals surface area (Å²) in [5, 5.41) is 9.20. The highest BCUT2D eigenvalue weighted by molar-refractivity contribution is 5.88. The average Bonchev–Trinajstić information content (AvgIpc) is 2.83. The van der Waals surface area contributed by atoms with Crippen molar-refractivity contribution in [2.24, 2.45) is 0 Å². The third-order valence-corrected chi connectivity index (χ3v) is 5.59. The Labute approximate surface area is 225 Å². The maximum atomic E-state index is 11.2. The quantitative estimate of drug-likeness (QED) is 0.270. The van der Waals surface area contributed by atoms with Crippen LogP contribution in [0.25, 0.3) is 11.1 Å². The van der Waals surface area contributed by atoms with Crippen molar-refractivity contribution in [1.29, 1.82) is 0 Å². The molecule has 0 fully saturated rings. The van der Waals surface area contributed by atoms with Gasteiger partial charge in [0.25, 0.3) is 0 Å². The Hall–Kier alpha value is -4.25. The number of hydrogen-bond acceptors (Lipinski definition) is 4. The molecule has 0 atom stereocenters. The average molecular weight is 510 g/mol. The summed E-state index contributed by atoms with van der Waals surface area (Å²) in [5.41, 5.74) is 4.47. The molecule has 4 aromatic rings. The number of carboxylic acid groups (broad SMARTS) is 1. The summed E-state index contributed by atoms with van der Waals surface area (Å²) in [7, 11) is 0. The van der Waals surface area contributed by atoms with Gasteiger partial charge in [-0.15, -0.1) is 0 Å². The Morgan fingerprint density at radius 2 is 1.03 bits per heavy atom. The molecule has 0 unspecified atom stereocenters. The summed E-state index contributed by atoms with van der Waals surface area (Å²) in [6.45, 7) is 12.2. The van der Waals surface area contributed by atoms with Gasteiger partial charge in [0.2, 0.25) is 0 Å². The Morgan fingerprint density at radius 3 is 1.42 bits per heavy atom. The Morgan fingerprint density at radius 1 is 0.605 bits per heavy atom. The highest BCUT2D eigenvalue weighted by atomic mass is 16.5. The van der Waals surface area contributed by atoms with Crippen LogP contribution in [0.4, 0.5) is 17.1 Å². The van der Waals surface area contributed by atoms with E-state index < -0.39 is 5.97 Å². The molecule has 0 bridgehead atoms. The van der Waals surface area contributed by atoms with E-state index in [1.54, 1.807) is 12.1 Å². The molecule has 5 nitrogen and oxygen atoms in total. The molecule has 0 saturated carbocycles. The second-order valence-electron chi connectivity index (χ2n) is 11.2. The fraction of sp³-hybridized carbons (Fsp3) is 0.242. The molecule has 0 saturated heterocycles. The van der Waals surface area contributed by atoms with E-state index in [0.29, 0.717) is 0 Å². The number of anilines is 3. The first kappa shape index (κ1) is 26.8. The van der Waals surface area contributed by atoms with Crippen molar-refractivity contribution in [1.82, 2.24) is 0 Å². The number of carboxylic acids is 1. The van der Waals surface area contributed by atoms with Crippen LogP contribution in [0.2, 0.25) is 0 Å². The molecule has 196 valence electrons. The standard InChI is InChI=1S/C33H35NO4/c1-32(2,3)37-29-11-7-9-27(21-29)34(28-10-8-12-30(22-28)38-33(4,5)6)26-19-17-24(18-20-26)23-13-15-25(16-14-23)31(35)36/h7-22H,1-6H3,(H,35,36). The van der Waals surface area contributed by atoms with Crippen molar-refractivity contribution < 1.29 is 19.4 Å². The molecule has 0 aliphatic rings. The molecule has 0 spiro atoms. The third-order valence-electron chi connectivity index (χ3n) is 5.59. The van der Waals surface area contributed by atoms with Crippen molar-refractivity contribution in [3.8, 4) is 22.6 Å². The fourth-order valence-electron chi connectivity index (χ4n) is 4.13. The van der Waals surface area contributed by atoms with E-state index in [0.717, 1.165) is 39.7 Å². The number of hydrogen-bond donors (Lipinski definition) is 1. The number of ether oxygens (including phenoxy) is 2. The maximum Gasteiger partial charge on any atom is 0.335 e. The van der Waals surface area contributed by atoms with E-state index in [9.17, 15) is 9.90 Å². The van der Waals surface area contributed by atoms with Crippen LogP contribution in [0.15, 0.2) is 97.1 Å². The van der Waals surface area contributed by atoms with Gasteiger partial charge in [-0.3, -0.25) is 0 Å². The lowest BCUT2D eigenvalue weighted by Gasteiger charge is -2.28. The molecule has 0 aliphatic carbocycles. The van der Waals surface area contributed by atoms with Crippen LogP contribution in [0, 0.1) is 0 Å². The summed E-state index contributed by atoms with van der Waals surface area (Å²) in [6.07, 6.45) is 0. The number of benzene rings is 4. The first-order chi connectivity index (χ1) is 17.9. The van der Waals surface area contributed by atoms with Gasteiger partial charge in [-0.05, 0) is 101 Å². The highest BCUT2D eigenvalue weighted by Crippen LogP contribution is 2.39. The minimum absolute atomic E-state index is 0.270. The van der Waals surface area contributed by atoms with E-state index in [-0.39, 0.29) is 16.8 Å². The van der Waals surface area contributed by atoms with Crippen molar-refractivity contribution in [2.45, 2.75) is 52.7 Å². The van der Waals surface area contributed by atoms with E-state index in [2.05, 4.69) is 29.2 Å². The van der Waals surface area contributed by atoms with Gasteiger partial charge in [-0.25, -0.2) is 4.79 Å². The van der Waals surface area contributed by atoms with Gasteiger partial charge in [0.15, 0.2) is 0 Å². The number of rotatable bonds is 7. The van der Waals surface area contributed by atoms with Crippen LogP contribution in [-0.4, -0.2) is 22.3 Å². The Balaban J connectivity index is 1.75. The minimum atomic E-state index is -0.933. The molecule has 0 aromatic heterocycles. The summed E-state index contributed by atoms with van der Waals surface area (Å²) < 4.78 is 12.3. The predicted octanol–water partition coefficient (Wildman–Crippen LogP) is 8.88. The molecular formula is C33H35NO4. The van der Waals surface area contributed by atoms with Crippen molar-refractivity contribution in [3.63, 3.8) is 0 Å². The van der Waals surface area contributed by atoms with E-state index in [4.69, 9.17) is 9.47 Å². The summed E-state index contributed by atoms with van der Waals surface area (Å²) in [6, 6.07) is 31.3. The lowest BCUT2D eigenvalue weighted by molar-refractivity contribution is 0.0696. The molecule has 0 radical (unpaired) electrons. The molecule has 0 heterocycles. The summed E-state index contributed by atoms with van der Waals surface area (Å²) >= 11 is 0. The van der Waals surface area contributed by atoms with Gasteiger partial charge in [-0.1, -0.05) is 36.4 Å². The zero-order chi connectivity index (χ0) is 27.5. The zero-order valence-electron chi connectivity index (χ0n) is 22.9.